The Morgan fingerprint density at radius 3 is 1.57 bits per heavy atom. The van der Waals surface area contributed by atoms with Gasteiger partial charge in [-0.3, -0.25) is 0 Å². The standard InChI is InChI=1S/C19H26N2O2/c20-14-16-6-4-8-18(12-16)22-10-2-1-3-11-23-19-9-5-7-17(13-19)15-21/h4-9,12-13H,1-3,10-11,14-15,20-21H2. The number of hydrogen-bond acceptors (Lipinski definition) is 4. The van der Waals surface area contributed by atoms with Crippen molar-refractivity contribution in [1.82, 2.24) is 0 Å². The van der Waals surface area contributed by atoms with Gasteiger partial charge in [0.15, 0.2) is 0 Å². The van der Waals surface area contributed by atoms with Crippen LogP contribution < -0.4 is 20.9 Å². The largest absolute Gasteiger partial charge is 0.494 e. The fourth-order valence-corrected chi connectivity index (χ4v) is 2.29. The van der Waals surface area contributed by atoms with E-state index in [4.69, 9.17) is 20.9 Å². The van der Waals surface area contributed by atoms with Crippen molar-refractivity contribution >= 4 is 0 Å². The highest BCUT2D eigenvalue weighted by Gasteiger charge is 1.98. The van der Waals surface area contributed by atoms with E-state index in [0.717, 1.165) is 55.1 Å². The van der Waals surface area contributed by atoms with Crippen molar-refractivity contribution in [3.05, 3.63) is 59.7 Å². The summed E-state index contributed by atoms with van der Waals surface area (Å²) in [4.78, 5) is 0. The Hall–Kier alpha value is -2.04. The summed E-state index contributed by atoms with van der Waals surface area (Å²) in [6.45, 7) is 2.52. The topological polar surface area (TPSA) is 70.5 Å². The van der Waals surface area contributed by atoms with E-state index in [0.29, 0.717) is 13.1 Å². The zero-order valence-electron chi connectivity index (χ0n) is 13.5. The van der Waals surface area contributed by atoms with E-state index in [1.54, 1.807) is 0 Å². The molecule has 0 heterocycles. The van der Waals surface area contributed by atoms with Gasteiger partial charge in [0.25, 0.3) is 0 Å². The van der Waals surface area contributed by atoms with Gasteiger partial charge in [-0.25, -0.2) is 0 Å². The molecule has 4 heteroatoms. The summed E-state index contributed by atoms with van der Waals surface area (Å²) in [5.41, 5.74) is 13.4. The van der Waals surface area contributed by atoms with Crippen molar-refractivity contribution in [2.75, 3.05) is 13.2 Å². The Morgan fingerprint density at radius 1 is 0.652 bits per heavy atom. The molecule has 0 aliphatic heterocycles. The van der Waals surface area contributed by atoms with Gasteiger partial charge in [0.05, 0.1) is 13.2 Å². The zero-order chi connectivity index (χ0) is 16.3. The molecule has 0 aliphatic carbocycles. The smallest absolute Gasteiger partial charge is 0.119 e. The minimum Gasteiger partial charge on any atom is -0.494 e. The quantitative estimate of drug-likeness (QED) is 0.661. The molecule has 0 saturated heterocycles. The van der Waals surface area contributed by atoms with Crippen molar-refractivity contribution < 1.29 is 9.47 Å². The van der Waals surface area contributed by atoms with Crippen molar-refractivity contribution in [3.8, 4) is 11.5 Å². The molecule has 0 atom stereocenters. The average molecular weight is 314 g/mol. The second-order valence-corrected chi connectivity index (χ2v) is 5.46. The molecule has 0 saturated carbocycles. The van der Waals surface area contributed by atoms with E-state index in [-0.39, 0.29) is 0 Å². The third-order valence-electron chi connectivity index (χ3n) is 3.59. The summed E-state index contributed by atoms with van der Waals surface area (Å²) in [5, 5.41) is 0. The lowest BCUT2D eigenvalue weighted by Crippen LogP contribution is -2.02. The van der Waals surface area contributed by atoms with Gasteiger partial charge in [-0.05, 0) is 54.7 Å². The van der Waals surface area contributed by atoms with Crippen LogP contribution in [-0.4, -0.2) is 13.2 Å². The number of hydrogen-bond donors (Lipinski definition) is 2. The highest BCUT2D eigenvalue weighted by molar-refractivity contribution is 5.29. The number of ether oxygens (including phenoxy) is 2. The van der Waals surface area contributed by atoms with Crippen LogP contribution in [0.1, 0.15) is 30.4 Å². The Morgan fingerprint density at radius 2 is 1.13 bits per heavy atom. The molecule has 2 aromatic rings. The molecule has 4 nitrogen and oxygen atoms in total. The van der Waals surface area contributed by atoms with Gasteiger partial charge in [0.2, 0.25) is 0 Å². The summed E-state index contributed by atoms with van der Waals surface area (Å²) in [6, 6.07) is 15.9. The van der Waals surface area contributed by atoms with Gasteiger partial charge in [0.1, 0.15) is 11.5 Å². The van der Waals surface area contributed by atoms with E-state index in [9.17, 15) is 0 Å². The first-order valence-electron chi connectivity index (χ1n) is 8.15. The molecule has 4 N–H and O–H groups in total. The number of nitrogens with two attached hydrogens (primary N) is 2. The van der Waals surface area contributed by atoms with Crippen LogP contribution in [0, 0.1) is 0 Å². The second-order valence-electron chi connectivity index (χ2n) is 5.46. The molecule has 0 fully saturated rings. The SMILES string of the molecule is NCc1cccc(OCCCCCOc2cccc(CN)c2)c1. The normalized spacial score (nSPS) is 10.5. The Bertz CT molecular complexity index is 536. The summed E-state index contributed by atoms with van der Waals surface area (Å²) in [6.07, 6.45) is 3.10. The van der Waals surface area contributed by atoms with Gasteiger partial charge >= 0.3 is 0 Å². The summed E-state index contributed by atoms with van der Waals surface area (Å²) < 4.78 is 11.5. The third-order valence-corrected chi connectivity index (χ3v) is 3.59. The van der Waals surface area contributed by atoms with Gasteiger partial charge in [-0.15, -0.1) is 0 Å². The Balaban J connectivity index is 1.57. The summed E-state index contributed by atoms with van der Waals surface area (Å²) in [7, 11) is 0. The maximum atomic E-state index is 5.73. The first kappa shape index (κ1) is 17.3. The van der Waals surface area contributed by atoms with Crippen molar-refractivity contribution in [2.24, 2.45) is 11.5 Å². The zero-order valence-corrected chi connectivity index (χ0v) is 13.5. The molecule has 2 rings (SSSR count). The molecule has 124 valence electrons. The number of unbranched alkanes of at least 4 members (excludes halogenated alkanes) is 2. The van der Waals surface area contributed by atoms with Crippen molar-refractivity contribution in [2.45, 2.75) is 32.4 Å². The lowest BCUT2D eigenvalue weighted by atomic mass is 10.2. The minimum absolute atomic E-state index is 0.542. The summed E-state index contributed by atoms with van der Waals surface area (Å²) in [5.74, 6) is 1.78. The van der Waals surface area contributed by atoms with Gasteiger partial charge < -0.3 is 20.9 Å². The predicted octanol–water partition coefficient (Wildman–Crippen LogP) is 3.23. The van der Waals surface area contributed by atoms with Crippen LogP contribution in [-0.2, 0) is 13.1 Å². The molecule has 0 spiro atoms. The number of rotatable bonds is 10. The maximum absolute atomic E-state index is 5.73. The highest BCUT2D eigenvalue weighted by Crippen LogP contribution is 2.15. The van der Waals surface area contributed by atoms with Crippen LogP contribution in [0.3, 0.4) is 0 Å². The molecule has 0 aliphatic rings. The number of benzene rings is 2. The first-order chi connectivity index (χ1) is 11.3. The molecule has 0 bridgehead atoms. The predicted molar refractivity (Wildman–Crippen MR) is 93.5 cm³/mol. The van der Waals surface area contributed by atoms with Crippen LogP contribution >= 0.6 is 0 Å². The lowest BCUT2D eigenvalue weighted by Gasteiger charge is -2.09. The van der Waals surface area contributed by atoms with Crippen LogP contribution in [0.4, 0.5) is 0 Å². The van der Waals surface area contributed by atoms with Crippen molar-refractivity contribution in [1.29, 1.82) is 0 Å². The van der Waals surface area contributed by atoms with E-state index < -0.39 is 0 Å². The fraction of sp³-hybridized carbons (Fsp3) is 0.368. The maximum Gasteiger partial charge on any atom is 0.119 e. The second kappa shape index (κ2) is 9.87. The van der Waals surface area contributed by atoms with E-state index in [1.807, 2.05) is 48.5 Å². The van der Waals surface area contributed by atoms with Gasteiger partial charge in [0, 0.05) is 13.1 Å². The molecule has 0 unspecified atom stereocenters. The minimum atomic E-state index is 0.542. The molecular formula is C19H26N2O2. The van der Waals surface area contributed by atoms with E-state index in [2.05, 4.69) is 0 Å². The lowest BCUT2D eigenvalue weighted by molar-refractivity contribution is 0.279. The van der Waals surface area contributed by atoms with Crippen LogP contribution in [0.5, 0.6) is 11.5 Å². The summed E-state index contributed by atoms with van der Waals surface area (Å²) >= 11 is 0. The monoisotopic (exact) mass is 314 g/mol. The van der Waals surface area contributed by atoms with E-state index in [1.165, 1.54) is 0 Å². The highest BCUT2D eigenvalue weighted by atomic mass is 16.5. The van der Waals surface area contributed by atoms with Crippen LogP contribution in [0.2, 0.25) is 0 Å². The molecular weight excluding hydrogens is 288 g/mol. The van der Waals surface area contributed by atoms with Gasteiger partial charge in [-0.2, -0.15) is 0 Å². The average Bonchev–Trinajstić information content (AvgIpc) is 2.61. The van der Waals surface area contributed by atoms with Crippen LogP contribution in [0.15, 0.2) is 48.5 Å². The molecule has 2 aromatic carbocycles. The third kappa shape index (κ3) is 6.30. The fourth-order valence-electron chi connectivity index (χ4n) is 2.29. The molecule has 0 aromatic heterocycles. The molecule has 0 radical (unpaired) electrons. The van der Waals surface area contributed by atoms with Gasteiger partial charge in [-0.1, -0.05) is 24.3 Å². The Kier molecular flexibility index (Phi) is 7.43. The molecule has 23 heavy (non-hydrogen) atoms. The first-order valence-corrected chi connectivity index (χ1v) is 8.15. The van der Waals surface area contributed by atoms with Crippen molar-refractivity contribution in [3.63, 3.8) is 0 Å². The molecule has 0 amide bonds. The van der Waals surface area contributed by atoms with Crippen LogP contribution in [0.25, 0.3) is 0 Å². The van der Waals surface area contributed by atoms with E-state index >= 15 is 0 Å². The Labute approximate surface area is 138 Å².